The molecule has 0 bridgehead atoms. The van der Waals surface area contributed by atoms with Crippen LogP contribution in [0.3, 0.4) is 0 Å². The number of aryl methyl sites for hydroxylation is 3. The summed E-state index contributed by atoms with van der Waals surface area (Å²) in [4.78, 5) is 24.5. The van der Waals surface area contributed by atoms with Crippen LogP contribution in [-0.4, -0.2) is 11.9 Å². The minimum absolute atomic E-state index is 0.287. The fourth-order valence-corrected chi connectivity index (χ4v) is 3.65. The van der Waals surface area contributed by atoms with Crippen molar-refractivity contribution in [1.82, 2.24) is 5.32 Å². The number of rotatable bonds is 4. The van der Waals surface area contributed by atoms with Crippen molar-refractivity contribution in [3.63, 3.8) is 0 Å². The molecule has 0 aliphatic carbocycles. The molecule has 0 fully saturated rings. The van der Waals surface area contributed by atoms with Gasteiger partial charge in [-0.3, -0.25) is 10.1 Å². The Bertz CT molecular complexity index is 1250. The lowest BCUT2D eigenvalue weighted by molar-refractivity contribution is 0.0959. The first-order valence-electron chi connectivity index (χ1n) is 10.1. The molecule has 0 aromatic heterocycles. The number of carbonyl (C=O) groups excluding carboxylic acids is 2. The molecule has 0 saturated carbocycles. The van der Waals surface area contributed by atoms with Crippen LogP contribution in [0.4, 0.5) is 19.3 Å². The molecule has 0 spiro atoms. The maximum atomic E-state index is 13.8. The zero-order valence-electron chi connectivity index (χ0n) is 18.8. The van der Waals surface area contributed by atoms with E-state index in [1.54, 1.807) is 19.9 Å². The fourth-order valence-electron chi connectivity index (χ4n) is 3.36. The number of ether oxygens (including phenoxy) is 1. The van der Waals surface area contributed by atoms with Crippen LogP contribution in [0.25, 0.3) is 0 Å². The highest BCUT2D eigenvalue weighted by molar-refractivity contribution is 6.33. The third-order valence-corrected chi connectivity index (χ3v) is 5.75. The van der Waals surface area contributed by atoms with Crippen molar-refractivity contribution in [2.24, 2.45) is 0 Å². The summed E-state index contributed by atoms with van der Waals surface area (Å²) in [5, 5.41) is 4.71. The Morgan fingerprint density at radius 2 is 1.55 bits per heavy atom. The maximum absolute atomic E-state index is 13.8. The molecule has 0 unspecified atom stereocenters. The van der Waals surface area contributed by atoms with Crippen molar-refractivity contribution < 1.29 is 23.1 Å². The molecular formula is C25H23ClF2N2O3. The van der Waals surface area contributed by atoms with E-state index in [0.29, 0.717) is 28.3 Å². The van der Waals surface area contributed by atoms with Gasteiger partial charge in [-0.1, -0.05) is 23.7 Å². The molecule has 8 heteroatoms. The van der Waals surface area contributed by atoms with Crippen molar-refractivity contribution in [1.29, 1.82) is 0 Å². The van der Waals surface area contributed by atoms with Gasteiger partial charge in [0.1, 0.15) is 28.7 Å². The quantitative estimate of drug-likeness (QED) is 0.433. The summed E-state index contributed by atoms with van der Waals surface area (Å²) in [6.45, 7) is 9.36. The third kappa shape index (κ3) is 5.14. The molecule has 3 aromatic carbocycles. The number of anilines is 1. The van der Waals surface area contributed by atoms with E-state index in [-0.39, 0.29) is 5.02 Å². The number of hydrogen-bond acceptors (Lipinski definition) is 3. The summed E-state index contributed by atoms with van der Waals surface area (Å²) < 4.78 is 33.7. The number of amides is 3. The minimum Gasteiger partial charge on any atom is -0.455 e. The number of nitrogens with one attached hydrogen (secondary N) is 2. The lowest BCUT2D eigenvalue weighted by Crippen LogP contribution is -2.35. The predicted octanol–water partition coefficient (Wildman–Crippen LogP) is 6.91. The first-order valence-corrected chi connectivity index (χ1v) is 10.5. The Balaban J connectivity index is 1.83. The molecule has 0 radical (unpaired) electrons. The van der Waals surface area contributed by atoms with Crippen LogP contribution >= 0.6 is 11.6 Å². The molecule has 3 amide bonds. The van der Waals surface area contributed by atoms with E-state index in [2.05, 4.69) is 11.4 Å². The molecule has 0 aliphatic heterocycles. The van der Waals surface area contributed by atoms with Crippen LogP contribution in [0.1, 0.15) is 38.2 Å². The molecule has 3 rings (SSSR count). The summed E-state index contributed by atoms with van der Waals surface area (Å²) in [6.07, 6.45) is 0. The van der Waals surface area contributed by atoms with Gasteiger partial charge in [-0.25, -0.2) is 13.6 Å². The van der Waals surface area contributed by atoms with Gasteiger partial charge in [0.15, 0.2) is 0 Å². The Kier molecular flexibility index (Phi) is 7.03. The minimum atomic E-state index is -1.20. The van der Waals surface area contributed by atoms with Gasteiger partial charge in [0.2, 0.25) is 0 Å². The zero-order valence-corrected chi connectivity index (χ0v) is 19.6. The van der Waals surface area contributed by atoms with Crippen molar-refractivity contribution in [2.45, 2.75) is 34.6 Å². The van der Waals surface area contributed by atoms with Crippen LogP contribution in [-0.2, 0) is 0 Å². The second-order valence-corrected chi connectivity index (χ2v) is 8.20. The summed E-state index contributed by atoms with van der Waals surface area (Å²) in [5.74, 6) is -2.23. The highest BCUT2D eigenvalue weighted by atomic mass is 35.5. The van der Waals surface area contributed by atoms with E-state index in [0.717, 1.165) is 34.9 Å². The van der Waals surface area contributed by atoms with Crippen LogP contribution < -0.4 is 15.4 Å². The molecular weight excluding hydrogens is 450 g/mol. The molecule has 0 heterocycles. The van der Waals surface area contributed by atoms with Gasteiger partial charge in [0.25, 0.3) is 5.91 Å². The number of urea groups is 1. The van der Waals surface area contributed by atoms with Crippen molar-refractivity contribution in [3.05, 3.63) is 86.4 Å². The number of carbonyl (C=O) groups is 2. The van der Waals surface area contributed by atoms with Crippen molar-refractivity contribution >= 4 is 29.2 Å². The van der Waals surface area contributed by atoms with E-state index in [1.165, 1.54) is 0 Å². The highest BCUT2D eigenvalue weighted by Crippen LogP contribution is 2.40. The van der Waals surface area contributed by atoms with Gasteiger partial charge < -0.3 is 10.1 Å². The molecule has 0 saturated heterocycles. The smallest absolute Gasteiger partial charge is 0.326 e. The first-order chi connectivity index (χ1) is 15.5. The maximum Gasteiger partial charge on any atom is 0.326 e. The average Bonchev–Trinajstić information content (AvgIpc) is 2.72. The zero-order chi connectivity index (χ0) is 24.4. The van der Waals surface area contributed by atoms with Gasteiger partial charge >= 0.3 is 6.03 Å². The molecule has 3 aromatic rings. The Morgan fingerprint density at radius 3 is 2.18 bits per heavy atom. The van der Waals surface area contributed by atoms with Crippen LogP contribution in [0, 0.1) is 46.3 Å². The molecule has 0 aliphatic rings. The lowest BCUT2D eigenvalue weighted by atomic mass is 10.1. The van der Waals surface area contributed by atoms with Crippen LogP contribution in [0.5, 0.6) is 11.5 Å². The summed E-state index contributed by atoms with van der Waals surface area (Å²) in [7, 11) is 0. The van der Waals surface area contributed by atoms with Crippen LogP contribution in [0.2, 0.25) is 5.02 Å². The van der Waals surface area contributed by atoms with Crippen molar-refractivity contribution in [2.75, 3.05) is 5.32 Å². The monoisotopic (exact) mass is 472 g/mol. The summed E-state index contributed by atoms with van der Waals surface area (Å²) in [5.41, 5.74) is 3.73. The first kappa shape index (κ1) is 24.2. The second kappa shape index (κ2) is 9.58. The molecule has 172 valence electrons. The molecule has 0 atom stereocenters. The largest absolute Gasteiger partial charge is 0.455 e. The topological polar surface area (TPSA) is 67.4 Å². The second-order valence-electron chi connectivity index (χ2n) is 7.82. The normalized spacial score (nSPS) is 10.7. The third-order valence-electron chi connectivity index (χ3n) is 5.29. The number of imide groups is 1. The fraction of sp³-hybridized carbons (Fsp3) is 0.200. The van der Waals surface area contributed by atoms with E-state index in [4.69, 9.17) is 16.3 Å². The van der Waals surface area contributed by atoms with E-state index >= 15 is 0 Å². The summed E-state index contributed by atoms with van der Waals surface area (Å²) >= 11 is 6.55. The molecule has 2 N–H and O–H groups in total. The van der Waals surface area contributed by atoms with Gasteiger partial charge in [0, 0.05) is 5.69 Å². The summed E-state index contributed by atoms with van der Waals surface area (Å²) in [6, 6.07) is 7.64. The van der Waals surface area contributed by atoms with E-state index in [9.17, 15) is 18.4 Å². The van der Waals surface area contributed by atoms with Crippen LogP contribution in [0.15, 0.2) is 36.4 Å². The molecule has 33 heavy (non-hydrogen) atoms. The predicted molar refractivity (Wildman–Crippen MR) is 124 cm³/mol. The van der Waals surface area contributed by atoms with E-state index in [1.807, 2.05) is 32.2 Å². The van der Waals surface area contributed by atoms with Gasteiger partial charge in [0.05, 0.1) is 5.02 Å². The number of hydrogen-bond donors (Lipinski definition) is 2. The Labute approximate surface area is 195 Å². The van der Waals surface area contributed by atoms with Crippen molar-refractivity contribution in [3.8, 4) is 11.5 Å². The lowest BCUT2D eigenvalue weighted by Gasteiger charge is -2.18. The number of halogens is 3. The highest BCUT2D eigenvalue weighted by Gasteiger charge is 2.21. The van der Waals surface area contributed by atoms with Gasteiger partial charge in [-0.05, 0) is 86.7 Å². The van der Waals surface area contributed by atoms with Gasteiger partial charge in [-0.15, -0.1) is 0 Å². The SMILES string of the molecule is Cc1cc(C)c(C)c(Oc2c(C)cc(NC(=O)NC(=O)c3c(F)cccc3F)c(C)c2Cl)c1. The Hall–Kier alpha value is -3.45. The Morgan fingerprint density at radius 1 is 0.909 bits per heavy atom. The number of benzene rings is 3. The van der Waals surface area contributed by atoms with E-state index < -0.39 is 29.1 Å². The molecule has 5 nitrogen and oxygen atoms in total. The standard InChI is InChI=1S/C25H23ClF2N2O3/c1-12-9-13(2)15(4)20(10-12)33-23-14(3)11-19(16(5)22(23)26)29-25(32)30-24(31)21-17(27)7-6-8-18(21)28/h6-11H,1-5H3,(H2,29,30,31,32). The average molecular weight is 473 g/mol. The van der Waals surface area contributed by atoms with Gasteiger partial charge in [-0.2, -0.15) is 0 Å².